The van der Waals surface area contributed by atoms with Gasteiger partial charge in [0.25, 0.3) is 0 Å². The third-order valence-electron chi connectivity index (χ3n) is 3.68. The van der Waals surface area contributed by atoms with E-state index in [2.05, 4.69) is 46.1 Å². The number of anilines is 1. The van der Waals surface area contributed by atoms with Gasteiger partial charge in [-0.1, -0.05) is 29.8 Å². The van der Waals surface area contributed by atoms with Gasteiger partial charge in [0.05, 0.1) is 0 Å². The third kappa shape index (κ3) is 3.51. The second kappa shape index (κ2) is 6.12. The van der Waals surface area contributed by atoms with Crippen LogP contribution >= 0.6 is 0 Å². The Bertz CT molecular complexity index is 621. The summed E-state index contributed by atoms with van der Waals surface area (Å²) in [4.78, 5) is 11.3. The van der Waals surface area contributed by atoms with Crippen molar-refractivity contribution in [1.82, 2.24) is 9.97 Å². The summed E-state index contributed by atoms with van der Waals surface area (Å²) >= 11 is 0. The highest BCUT2D eigenvalue weighted by Gasteiger charge is 2.16. The lowest BCUT2D eigenvalue weighted by molar-refractivity contribution is 0.293. The molecule has 0 atom stereocenters. The Morgan fingerprint density at radius 2 is 1.90 bits per heavy atom. The van der Waals surface area contributed by atoms with Gasteiger partial charge in [0.2, 0.25) is 11.8 Å². The molecule has 1 fully saturated rings. The molecule has 4 nitrogen and oxygen atoms in total. The van der Waals surface area contributed by atoms with Gasteiger partial charge in [-0.05, 0) is 32.3 Å². The Morgan fingerprint density at radius 1 is 1.10 bits per heavy atom. The zero-order chi connectivity index (χ0) is 14.7. The van der Waals surface area contributed by atoms with E-state index in [4.69, 9.17) is 4.74 Å². The zero-order valence-corrected chi connectivity index (χ0v) is 12.7. The van der Waals surface area contributed by atoms with Crippen molar-refractivity contribution in [1.29, 1.82) is 0 Å². The molecule has 2 heterocycles. The molecule has 1 aromatic heterocycles. The Labute approximate surface area is 125 Å². The van der Waals surface area contributed by atoms with Gasteiger partial charge in [-0.3, -0.25) is 0 Å². The van der Waals surface area contributed by atoms with Crippen LogP contribution in [0.2, 0.25) is 0 Å². The summed E-state index contributed by atoms with van der Waals surface area (Å²) in [7, 11) is 0. The third-order valence-corrected chi connectivity index (χ3v) is 3.68. The normalized spacial score (nSPS) is 14.5. The van der Waals surface area contributed by atoms with Crippen LogP contribution in [-0.2, 0) is 6.61 Å². The molecule has 2 aromatic rings. The second-order valence-corrected chi connectivity index (χ2v) is 5.62. The summed E-state index contributed by atoms with van der Waals surface area (Å²) in [6.07, 6.45) is 2.44. The van der Waals surface area contributed by atoms with Crippen LogP contribution in [0.25, 0.3) is 0 Å². The molecule has 110 valence electrons. The van der Waals surface area contributed by atoms with Crippen molar-refractivity contribution in [2.24, 2.45) is 0 Å². The van der Waals surface area contributed by atoms with Crippen molar-refractivity contribution in [2.45, 2.75) is 33.3 Å². The minimum absolute atomic E-state index is 0.539. The van der Waals surface area contributed by atoms with E-state index in [9.17, 15) is 0 Å². The summed E-state index contributed by atoms with van der Waals surface area (Å²) in [5.74, 6) is 1.46. The van der Waals surface area contributed by atoms with Crippen LogP contribution in [0.3, 0.4) is 0 Å². The second-order valence-electron chi connectivity index (χ2n) is 5.62. The number of benzene rings is 1. The molecule has 1 aliphatic heterocycles. The molecule has 3 rings (SSSR count). The van der Waals surface area contributed by atoms with E-state index < -0.39 is 0 Å². The molecule has 0 aliphatic carbocycles. The lowest BCUT2D eigenvalue weighted by Gasteiger charge is -2.16. The molecule has 0 bridgehead atoms. The highest BCUT2D eigenvalue weighted by atomic mass is 16.5. The molecule has 0 saturated carbocycles. The summed E-state index contributed by atoms with van der Waals surface area (Å²) in [6, 6.07) is 10.2. The van der Waals surface area contributed by atoms with Gasteiger partial charge >= 0.3 is 0 Å². The van der Waals surface area contributed by atoms with Crippen molar-refractivity contribution in [3.63, 3.8) is 0 Å². The standard InChI is InChI=1S/C17H21N3O/c1-13-6-5-7-15(10-13)12-21-16-11-14(2)18-17(19-16)20-8-3-4-9-20/h5-7,10-11H,3-4,8-9,12H2,1-2H3. The fourth-order valence-corrected chi connectivity index (χ4v) is 2.62. The highest BCUT2D eigenvalue weighted by Crippen LogP contribution is 2.20. The quantitative estimate of drug-likeness (QED) is 0.863. The average molecular weight is 283 g/mol. The molecular weight excluding hydrogens is 262 g/mol. The largest absolute Gasteiger partial charge is 0.473 e. The number of nitrogens with zero attached hydrogens (tertiary/aromatic N) is 3. The zero-order valence-electron chi connectivity index (χ0n) is 12.7. The molecule has 1 aromatic carbocycles. The number of aromatic nitrogens is 2. The van der Waals surface area contributed by atoms with Crippen LogP contribution in [0.4, 0.5) is 5.95 Å². The van der Waals surface area contributed by atoms with Crippen LogP contribution in [0.15, 0.2) is 30.3 Å². The van der Waals surface area contributed by atoms with Gasteiger partial charge in [0.15, 0.2) is 0 Å². The predicted octanol–water partition coefficient (Wildman–Crippen LogP) is 3.27. The van der Waals surface area contributed by atoms with Crippen molar-refractivity contribution >= 4 is 5.95 Å². The number of hydrogen-bond acceptors (Lipinski definition) is 4. The smallest absolute Gasteiger partial charge is 0.228 e. The topological polar surface area (TPSA) is 38.2 Å². The van der Waals surface area contributed by atoms with Gasteiger partial charge in [0.1, 0.15) is 6.61 Å². The van der Waals surface area contributed by atoms with E-state index in [0.29, 0.717) is 12.5 Å². The number of rotatable bonds is 4. The lowest BCUT2D eigenvalue weighted by Crippen LogP contribution is -2.21. The first-order valence-electron chi connectivity index (χ1n) is 7.50. The van der Waals surface area contributed by atoms with Crippen LogP contribution in [0, 0.1) is 13.8 Å². The van der Waals surface area contributed by atoms with Crippen LogP contribution in [0.5, 0.6) is 5.88 Å². The van der Waals surface area contributed by atoms with Gasteiger partial charge in [-0.15, -0.1) is 0 Å². The Morgan fingerprint density at radius 3 is 2.67 bits per heavy atom. The van der Waals surface area contributed by atoms with Crippen molar-refractivity contribution in [2.75, 3.05) is 18.0 Å². The van der Waals surface area contributed by atoms with Crippen LogP contribution < -0.4 is 9.64 Å². The predicted molar refractivity (Wildman–Crippen MR) is 83.7 cm³/mol. The van der Waals surface area contributed by atoms with E-state index in [1.165, 1.54) is 18.4 Å². The average Bonchev–Trinajstić information content (AvgIpc) is 2.99. The molecular formula is C17H21N3O. The Balaban J connectivity index is 1.72. The fraction of sp³-hybridized carbons (Fsp3) is 0.412. The SMILES string of the molecule is Cc1cccc(COc2cc(C)nc(N3CCCC3)n2)c1. The first-order chi connectivity index (χ1) is 10.2. The summed E-state index contributed by atoms with van der Waals surface area (Å²) in [5.41, 5.74) is 3.35. The van der Waals surface area contributed by atoms with Gasteiger partial charge in [-0.2, -0.15) is 4.98 Å². The first-order valence-corrected chi connectivity index (χ1v) is 7.50. The maximum absolute atomic E-state index is 5.85. The van der Waals surface area contributed by atoms with Crippen molar-refractivity contribution in [3.05, 3.63) is 47.2 Å². The molecule has 0 unspecified atom stereocenters. The van der Waals surface area contributed by atoms with Crippen LogP contribution in [-0.4, -0.2) is 23.1 Å². The monoisotopic (exact) mass is 283 g/mol. The molecule has 0 N–H and O–H groups in total. The number of hydrogen-bond donors (Lipinski definition) is 0. The van der Waals surface area contributed by atoms with E-state index in [0.717, 1.165) is 30.3 Å². The minimum atomic E-state index is 0.539. The maximum atomic E-state index is 5.85. The maximum Gasteiger partial charge on any atom is 0.228 e. The van der Waals surface area contributed by atoms with E-state index >= 15 is 0 Å². The molecule has 0 spiro atoms. The fourth-order valence-electron chi connectivity index (χ4n) is 2.62. The highest BCUT2D eigenvalue weighted by molar-refractivity contribution is 5.35. The van der Waals surface area contributed by atoms with Gasteiger partial charge in [0, 0.05) is 24.8 Å². The van der Waals surface area contributed by atoms with Gasteiger partial charge < -0.3 is 9.64 Å². The summed E-state index contributed by atoms with van der Waals surface area (Å²) < 4.78 is 5.85. The lowest BCUT2D eigenvalue weighted by atomic mass is 10.1. The van der Waals surface area contributed by atoms with Crippen molar-refractivity contribution < 1.29 is 4.74 Å². The van der Waals surface area contributed by atoms with Gasteiger partial charge in [-0.25, -0.2) is 4.98 Å². The molecule has 4 heteroatoms. The Kier molecular flexibility index (Phi) is 4.04. The summed E-state index contributed by atoms with van der Waals surface area (Å²) in [6.45, 7) is 6.70. The molecule has 0 radical (unpaired) electrons. The van der Waals surface area contributed by atoms with E-state index in [1.54, 1.807) is 0 Å². The molecule has 1 aliphatic rings. The van der Waals surface area contributed by atoms with E-state index in [-0.39, 0.29) is 0 Å². The number of ether oxygens (including phenoxy) is 1. The first kappa shape index (κ1) is 13.9. The molecule has 21 heavy (non-hydrogen) atoms. The van der Waals surface area contributed by atoms with E-state index in [1.807, 2.05) is 13.0 Å². The molecule has 0 amide bonds. The number of aryl methyl sites for hydroxylation is 2. The minimum Gasteiger partial charge on any atom is -0.473 e. The Hall–Kier alpha value is -2.10. The van der Waals surface area contributed by atoms with Crippen LogP contribution in [0.1, 0.15) is 29.7 Å². The van der Waals surface area contributed by atoms with Crippen molar-refractivity contribution in [3.8, 4) is 5.88 Å². The molecule has 1 saturated heterocycles. The summed E-state index contributed by atoms with van der Waals surface area (Å²) in [5, 5.41) is 0.